The summed E-state index contributed by atoms with van der Waals surface area (Å²) >= 11 is 0. The van der Waals surface area contributed by atoms with Crippen LogP contribution in [0.15, 0.2) is 42.6 Å². The van der Waals surface area contributed by atoms with Crippen molar-refractivity contribution in [3.63, 3.8) is 0 Å². The van der Waals surface area contributed by atoms with E-state index in [2.05, 4.69) is 28.2 Å². The minimum Gasteiger partial charge on any atom is -0.383 e. The maximum absolute atomic E-state index is 13.2. The van der Waals surface area contributed by atoms with E-state index in [0.717, 1.165) is 60.4 Å². The second-order valence-corrected chi connectivity index (χ2v) is 8.28. The zero-order chi connectivity index (χ0) is 22.1. The number of hydrogen-bond donors (Lipinski definition) is 1. The van der Waals surface area contributed by atoms with Crippen molar-refractivity contribution in [1.29, 1.82) is 0 Å². The number of methoxy groups -OCH3 is 1. The number of carbonyl (C=O) groups is 1. The molecule has 0 spiro atoms. The fourth-order valence-electron chi connectivity index (χ4n) is 4.49. The quantitative estimate of drug-likeness (QED) is 0.489. The second-order valence-electron chi connectivity index (χ2n) is 8.28. The minimum atomic E-state index is -0.158. The van der Waals surface area contributed by atoms with Crippen LogP contribution in [0.2, 0.25) is 0 Å². The molecule has 5 rings (SSSR count). The molecule has 1 fully saturated rings. The van der Waals surface area contributed by atoms with Crippen LogP contribution in [0.25, 0.3) is 27.7 Å². The van der Waals surface area contributed by atoms with Crippen molar-refractivity contribution in [2.75, 3.05) is 58.4 Å². The van der Waals surface area contributed by atoms with Gasteiger partial charge >= 0.3 is 0 Å². The minimum absolute atomic E-state index is 0.158. The number of para-hydroxylation sites is 2. The molecule has 4 aromatic rings. The van der Waals surface area contributed by atoms with Crippen molar-refractivity contribution < 1.29 is 9.53 Å². The molecule has 0 atom stereocenters. The fourth-order valence-corrected chi connectivity index (χ4v) is 4.49. The summed E-state index contributed by atoms with van der Waals surface area (Å²) in [6, 6.07) is 12.0. The van der Waals surface area contributed by atoms with Gasteiger partial charge in [-0.25, -0.2) is 9.97 Å². The summed E-state index contributed by atoms with van der Waals surface area (Å²) in [5.74, 6) is -0.158. The highest BCUT2D eigenvalue weighted by molar-refractivity contribution is 6.07. The number of anilines is 1. The monoisotopic (exact) mass is 432 g/mol. The lowest BCUT2D eigenvalue weighted by Gasteiger charge is -2.24. The zero-order valence-electron chi connectivity index (χ0n) is 18.5. The van der Waals surface area contributed by atoms with E-state index in [1.54, 1.807) is 7.11 Å². The third-order valence-corrected chi connectivity index (χ3v) is 6.14. The third kappa shape index (κ3) is 3.65. The van der Waals surface area contributed by atoms with Crippen LogP contribution in [0.4, 0.5) is 5.69 Å². The Bertz CT molecular complexity index is 1280. The zero-order valence-corrected chi connectivity index (χ0v) is 18.5. The number of benzene rings is 1. The van der Waals surface area contributed by atoms with Crippen molar-refractivity contribution in [2.45, 2.75) is 6.42 Å². The molecular weight excluding hydrogens is 404 g/mol. The smallest absolute Gasteiger partial charge is 0.255 e. The number of aromatic nitrogens is 3. The Labute approximate surface area is 186 Å². The molecule has 0 saturated carbocycles. The molecule has 1 amide bonds. The predicted octanol–water partition coefficient (Wildman–Crippen LogP) is 2.55. The number of rotatable bonds is 5. The molecule has 1 N–H and O–H groups in total. The van der Waals surface area contributed by atoms with E-state index in [4.69, 9.17) is 14.7 Å². The Balaban J connectivity index is 1.73. The first kappa shape index (κ1) is 20.7. The van der Waals surface area contributed by atoms with E-state index < -0.39 is 0 Å². The first-order valence-corrected chi connectivity index (χ1v) is 11.1. The Morgan fingerprint density at radius 2 is 2.00 bits per heavy atom. The Morgan fingerprint density at radius 3 is 2.88 bits per heavy atom. The first-order valence-electron chi connectivity index (χ1n) is 11.1. The number of fused-ring (bicyclic) bond motifs is 5. The highest BCUT2D eigenvalue weighted by Crippen LogP contribution is 2.31. The summed E-state index contributed by atoms with van der Waals surface area (Å²) in [6.07, 6.45) is 2.96. The summed E-state index contributed by atoms with van der Waals surface area (Å²) in [7, 11) is 3.79. The van der Waals surface area contributed by atoms with Gasteiger partial charge in [0.05, 0.1) is 23.2 Å². The molecule has 0 unspecified atom stereocenters. The molecule has 1 aliphatic rings. The van der Waals surface area contributed by atoms with Crippen molar-refractivity contribution in [3.8, 4) is 0 Å². The number of carbonyl (C=O) groups excluding carboxylic acids is 1. The van der Waals surface area contributed by atoms with E-state index in [-0.39, 0.29) is 5.91 Å². The fraction of sp³-hybridized carbons (Fsp3) is 0.375. The van der Waals surface area contributed by atoms with Crippen molar-refractivity contribution in [3.05, 3.63) is 48.2 Å². The lowest BCUT2D eigenvalue weighted by molar-refractivity contribution is 0.0938. The van der Waals surface area contributed by atoms with Crippen LogP contribution in [0.1, 0.15) is 16.8 Å². The van der Waals surface area contributed by atoms with E-state index in [9.17, 15) is 4.79 Å². The lowest BCUT2D eigenvalue weighted by Crippen LogP contribution is -2.29. The van der Waals surface area contributed by atoms with Crippen LogP contribution in [-0.2, 0) is 4.74 Å². The molecule has 1 aliphatic heterocycles. The van der Waals surface area contributed by atoms with Gasteiger partial charge in [0.1, 0.15) is 5.65 Å². The van der Waals surface area contributed by atoms with Gasteiger partial charge in [0.2, 0.25) is 0 Å². The highest BCUT2D eigenvalue weighted by atomic mass is 16.5. The van der Waals surface area contributed by atoms with E-state index in [1.165, 1.54) is 0 Å². The van der Waals surface area contributed by atoms with E-state index in [1.807, 2.05) is 40.9 Å². The van der Waals surface area contributed by atoms with Crippen LogP contribution < -0.4 is 10.2 Å². The Kier molecular flexibility index (Phi) is 5.63. The third-order valence-electron chi connectivity index (χ3n) is 6.14. The van der Waals surface area contributed by atoms with Crippen LogP contribution >= 0.6 is 0 Å². The SMILES string of the molecule is COCCNC(=O)c1cc2c(N3CCCN(C)CC3)ccnc2n2c1nc1ccccc12. The molecule has 1 aromatic carbocycles. The average molecular weight is 433 g/mol. The van der Waals surface area contributed by atoms with Gasteiger partial charge in [-0.1, -0.05) is 12.1 Å². The van der Waals surface area contributed by atoms with Gasteiger partial charge in [-0.2, -0.15) is 0 Å². The maximum Gasteiger partial charge on any atom is 0.255 e. The van der Waals surface area contributed by atoms with E-state index in [0.29, 0.717) is 24.4 Å². The normalized spacial score (nSPS) is 15.5. The Hall–Kier alpha value is -3.23. The van der Waals surface area contributed by atoms with E-state index >= 15 is 0 Å². The van der Waals surface area contributed by atoms with Gasteiger partial charge in [0, 0.05) is 50.6 Å². The first-order chi connectivity index (χ1) is 15.7. The standard InChI is InChI=1S/C24H28N6O2/c1-28-11-5-12-29(14-13-28)20-8-9-25-22-17(20)16-18(24(31)26-10-15-32-2)23-27-19-6-3-4-7-21(19)30(22)23/h3-4,6-9,16H,5,10-15H2,1-2H3,(H,26,31). The van der Waals surface area contributed by atoms with Crippen molar-refractivity contribution in [1.82, 2.24) is 24.6 Å². The molecule has 8 nitrogen and oxygen atoms in total. The van der Waals surface area contributed by atoms with Gasteiger partial charge in [-0.15, -0.1) is 0 Å². The molecule has 3 aromatic heterocycles. The average Bonchev–Trinajstić information content (AvgIpc) is 3.07. The number of nitrogens with zero attached hydrogens (tertiary/aromatic N) is 5. The predicted molar refractivity (Wildman–Crippen MR) is 127 cm³/mol. The largest absolute Gasteiger partial charge is 0.383 e. The van der Waals surface area contributed by atoms with Crippen LogP contribution in [0, 0.1) is 0 Å². The number of pyridine rings is 2. The molecular formula is C24H28N6O2. The number of amides is 1. The topological polar surface area (TPSA) is 75.0 Å². The highest BCUT2D eigenvalue weighted by Gasteiger charge is 2.22. The molecule has 1 saturated heterocycles. The number of ether oxygens (including phenoxy) is 1. The molecule has 32 heavy (non-hydrogen) atoms. The summed E-state index contributed by atoms with van der Waals surface area (Å²) in [5, 5.41) is 3.92. The number of nitrogens with one attached hydrogen (secondary N) is 1. The molecule has 8 heteroatoms. The van der Waals surface area contributed by atoms with Gasteiger partial charge in [0.25, 0.3) is 5.91 Å². The number of hydrogen-bond acceptors (Lipinski definition) is 6. The Morgan fingerprint density at radius 1 is 1.12 bits per heavy atom. The van der Waals surface area contributed by atoms with Gasteiger partial charge in [-0.05, 0) is 44.3 Å². The summed E-state index contributed by atoms with van der Waals surface area (Å²) < 4.78 is 7.11. The summed E-state index contributed by atoms with van der Waals surface area (Å²) in [5.41, 5.74) is 4.88. The molecule has 0 radical (unpaired) electrons. The van der Waals surface area contributed by atoms with Crippen molar-refractivity contribution in [2.24, 2.45) is 0 Å². The molecule has 0 bridgehead atoms. The number of imidazole rings is 1. The summed E-state index contributed by atoms with van der Waals surface area (Å²) in [4.78, 5) is 27.5. The van der Waals surface area contributed by atoms with Crippen LogP contribution in [-0.4, -0.2) is 78.7 Å². The molecule has 0 aliphatic carbocycles. The number of likely N-dealkylation sites (N-methyl/N-ethyl adjacent to an activating group) is 1. The van der Waals surface area contributed by atoms with Gasteiger partial charge < -0.3 is 19.9 Å². The van der Waals surface area contributed by atoms with Gasteiger partial charge in [-0.3, -0.25) is 9.20 Å². The summed E-state index contributed by atoms with van der Waals surface area (Å²) in [6.45, 7) is 4.90. The van der Waals surface area contributed by atoms with Crippen LogP contribution in [0.3, 0.4) is 0 Å². The molecule has 166 valence electrons. The lowest BCUT2D eigenvalue weighted by atomic mass is 10.1. The van der Waals surface area contributed by atoms with Crippen molar-refractivity contribution >= 4 is 39.3 Å². The second kappa shape index (κ2) is 8.72. The van der Waals surface area contributed by atoms with Crippen LogP contribution in [0.5, 0.6) is 0 Å². The molecule has 4 heterocycles. The maximum atomic E-state index is 13.2. The van der Waals surface area contributed by atoms with Gasteiger partial charge in [0.15, 0.2) is 5.65 Å².